The maximum Gasteiger partial charge on any atom is 0.191 e. The van der Waals surface area contributed by atoms with Gasteiger partial charge in [-0.15, -0.1) is 0 Å². The Bertz CT molecular complexity index is 496. The first kappa shape index (κ1) is 14.1. The van der Waals surface area contributed by atoms with E-state index in [4.69, 9.17) is 0 Å². The third kappa shape index (κ3) is 3.82. The van der Waals surface area contributed by atoms with E-state index in [0.717, 1.165) is 11.4 Å². The van der Waals surface area contributed by atoms with Crippen LogP contribution in [0.4, 0.5) is 11.6 Å². The zero-order valence-electron chi connectivity index (χ0n) is 10.8. The molecule has 102 valence electrons. The van der Waals surface area contributed by atoms with Crippen molar-refractivity contribution in [1.29, 1.82) is 0 Å². The summed E-state index contributed by atoms with van der Waals surface area (Å²) in [5, 5.41) is 20.7. The first-order valence-electron chi connectivity index (χ1n) is 5.77. The van der Waals surface area contributed by atoms with Crippen LogP contribution in [0.5, 0.6) is 0 Å². The lowest BCUT2D eigenvalue weighted by atomic mass is 10.2. The molecule has 5 nitrogen and oxygen atoms in total. The largest absolute Gasteiger partial charge is 0.387 e. The van der Waals surface area contributed by atoms with Crippen LogP contribution in [-0.4, -0.2) is 34.9 Å². The summed E-state index contributed by atoms with van der Waals surface area (Å²) in [6, 6.07) is 3.74. The Morgan fingerprint density at radius 2 is 2.21 bits per heavy atom. The highest BCUT2D eigenvalue weighted by Crippen LogP contribution is 2.19. The van der Waals surface area contributed by atoms with Crippen molar-refractivity contribution in [3.05, 3.63) is 28.5 Å². The van der Waals surface area contributed by atoms with Crippen molar-refractivity contribution in [3.8, 4) is 0 Å². The molecule has 2 aromatic heterocycles. The van der Waals surface area contributed by atoms with Crippen molar-refractivity contribution < 1.29 is 5.11 Å². The van der Waals surface area contributed by atoms with Crippen LogP contribution in [0.15, 0.2) is 28.0 Å². The van der Waals surface area contributed by atoms with Crippen molar-refractivity contribution in [2.75, 3.05) is 30.5 Å². The van der Waals surface area contributed by atoms with Gasteiger partial charge in [0.1, 0.15) is 11.6 Å². The fourth-order valence-corrected chi connectivity index (χ4v) is 2.61. The number of nitrogens with one attached hydrogen (secondary N) is 2. The summed E-state index contributed by atoms with van der Waals surface area (Å²) in [4.78, 5) is 8.63. The average molecular weight is 296 g/mol. The van der Waals surface area contributed by atoms with Gasteiger partial charge in [0, 0.05) is 19.7 Å². The second-order valence-corrected chi connectivity index (χ2v) is 5.38. The molecule has 0 aliphatic carbocycles. The van der Waals surface area contributed by atoms with Crippen LogP contribution < -0.4 is 10.6 Å². The second kappa shape index (κ2) is 6.74. The minimum Gasteiger partial charge on any atom is -0.387 e. The summed E-state index contributed by atoms with van der Waals surface area (Å²) in [7, 11) is 1.82. The average Bonchev–Trinajstić information content (AvgIpc) is 2.98. The SMILES string of the molecule is CNc1cc(NCC(O)c2ccsc2)nc(SC)n1. The predicted molar refractivity (Wildman–Crippen MR) is 81.1 cm³/mol. The first-order chi connectivity index (χ1) is 9.22. The standard InChI is InChI=1S/C12H16N4OS2/c1-13-10-5-11(16-12(15-10)18-2)14-6-9(17)8-3-4-19-7-8/h3-5,7,9,17H,6H2,1-2H3,(H2,13,14,15,16). The third-order valence-corrected chi connectivity index (χ3v) is 3.80. The first-order valence-corrected chi connectivity index (χ1v) is 7.94. The van der Waals surface area contributed by atoms with E-state index in [1.165, 1.54) is 11.8 Å². The molecule has 0 fully saturated rings. The number of aromatic nitrogens is 2. The summed E-state index contributed by atoms with van der Waals surface area (Å²) in [5.41, 5.74) is 0.922. The van der Waals surface area contributed by atoms with Gasteiger partial charge in [-0.1, -0.05) is 11.8 Å². The Hall–Kier alpha value is -1.31. The lowest BCUT2D eigenvalue weighted by Crippen LogP contribution is -2.13. The van der Waals surface area contributed by atoms with Crippen molar-refractivity contribution in [1.82, 2.24) is 9.97 Å². The molecule has 0 saturated heterocycles. The highest BCUT2D eigenvalue weighted by atomic mass is 32.2. The van der Waals surface area contributed by atoms with Crippen molar-refractivity contribution in [3.63, 3.8) is 0 Å². The number of nitrogens with zero attached hydrogens (tertiary/aromatic N) is 2. The van der Waals surface area contributed by atoms with E-state index in [1.54, 1.807) is 11.3 Å². The molecule has 1 atom stereocenters. The molecule has 19 heavy (non-hydrogen) atoms. The van der Waals surface area contributed by atoms with E-state index in [0.29, 0.717) is 17.5 Å². The lowest BCUT2D eigenvalue weighted by molar-refractivity contribution is 0.192. The molecule has 0 amide bonds. The van der Waals surface area contributed by atoms with Gasteiger partial charge in [-0.25, -0.2) is 9.97 Å². The van der Waals surface area contributed by atoms with Crippen LogP contribution in [0.3, 0.4) is 0 Å². The van der Waals surface area contributed by atoms with Crippen LogP contribution in [0.1, 0.15) is 11.7 Å². The number of hydrogen-bond acceptors (Lipinski definition) is 7. The molecular weight excluding hydrogens is 280 g/mol. The van der Waals surface area contributed by atoms with E-state index < -0.39 is 6.10 Å². The molecule has 2 heterocycles. The van der Waals surface area contributed by atoms with E-state index >= 15 is 0 Å². The molecule has 2 rings (SSSR count). The van der Waals surface area contributed by atoms with Gasteiger partial charge in [-0.3, -0.25) is 0 Å². The number of rotatable bonds is 6. The van der Waals surface area contributed by atoms with E-state index in [2.05, 4.69) is 20.6 Å². The van der Waals surface area contributed by atoms with Crippen molar-refractivity contribution in [2.24, 2.45) is 0 Å². The summed E-state index contributed by atoms with van der Waals surface area (Å²) >= 11 is 3.06. The highest BCUT2D eigenvalue weighted by molar-refractivity contribution is 7.98. The van der Waals surface area contributed by atoms with Gasteiger partial charge in [-0.2, -0.15) is 11.3 Å². The zero-order valence-corrected chi connectivity index (χ0v) is 12.4. The van der Waals surface area contributed by atoms with Crippen LogP contribution in [-0.2, 0) is 0 Å². The number of aliphatic hydroxyl groups is 1. The van der Waals surface area contributed by atoms with Gasteiger partial charge in [0.05, 0.1) is 6.10 Å². The van der Waals surface area contributed by atoms with Crippen LogP contribution in [0.25, 0.3) is 0 Å². The minimum atomic E-state index is -0.531. The Balaban J connectivity index is 2.02. The molecule has 1 unspecified atom stereocenters. The Morgan fingerprint density at radius 1 is 1.42 bits per heavy atom. The molecule has 0 radical (unpaired) electrons. The summed E-state index contributed by atoms with van der Waals surface area (Å²) in [6.45, 7) is 0.421. The second-order valence-electron chi connectivity index (χ2n) is 3.83. The number of thiophene rings is 1. The smallest absolute Gasteiger partial charge is 0.191 e. The van der Waals surface area contributed by atoms with E-state index in [1.807, 2.05) is 36.2 Å². The zero-order chi connectivity index (χ0) is 13.7. The van der Waals surface area contributed by atoms with Gasteiger partial charge in [0.25, 0.3) is 0 Å². The molecule has 0 saturated carbocycles. The van der Waals surface area contributed by atoms with Crippen molar-refractivity contribution in [2.45, 2.75) is 11.3 Å². The van der Waals surface area contributed by atoms with Crippen molar-refractivity contribution >= 4 is 34.7 Å². The molecule has 0 bridgehead atoms. The Kier molecular flexibility index (Phi) is 5.00. The molecule has 3 N–H and O–H groups in total. The molecule has 2 aromatic rings. The Morgan fingerprint density at radius 3 is 2.84 bits per heavy atom. The van der Waals surface area contributed by atoms with Crippen LogP contribution in [0.2, 0.25) is 0 Å². The van der Waals surface area contributed by atoms with Gasteiger partial charge < -0.3 is 15.7 Å². The molecule has 0 spiro atoms. The monoisotopic (exact) mass is 296 g/mol. The molecular formula is C12H16N4OS2. The molecule has 0 aliphatic rings. The molecule has 0 aromatic carbocycles. The third-order valence-electron chi connectivity index (χ3n) is 2.55. The molecule has 7 heteroatoms. The van der Waals surface area contributed by atoms with Gasteiger partial charge >= 0.3 is 0 Å². The summed E-state index contributed by atoms with van der Waals surface area (Å²) < 4.78 is 0. The van der Waals surface area contributed by atoms with E-state index in [9.17, 15) is 5.11 Å². The maximum atomic E-state index is 10.0. The number of anilines is 2. The van der Waals surface area contributed by atoms with Gasteiger partial charge in [-0.05, 0) is 28.6 Å². The minimum absolute atomic E-state index is 0.421. The fourth-order valence-electron chi connectivity index (χ4n) is 1.52. The quantitative estimate of drug-likeness (QED) is 0.562. The van der Waals surface area contributed by atoms with Crippen LogP contribution in [0, 0.1) is 0 Å². The fraction of sp³-hybridized carbons (Fsp3) is 0.333. The summed E-state index contributed by atoms with van der Waals surface area (Å²) in [5.74, 6) is 1.46. The van der Waals surface area contributed by atoms with E-state index in [-0.39, 0.29) is 0 Å². The number of aliphatic hydroxyl groups excluding tert-OH is 1. The molecule has 0 aliphatic heterocycles. The van der Waals surface area contributed by atoms with Gasteiger partial charge in [0.15, 0.2) is 5.16 Å². The normalized spacial score (nSPS) is 12.2. The summed E-state index contributed by atoms with van der Waals surface area (Å²) in [6.07, 6.45) is 1.40. The number of hydrogen-bond donors (Lipinski definition) is 3. The number of thioether (sulfide) groups is 1. The Labute approximate surface area is 120 Å². The maximum absolute atomic E-state index is 10.0. The van der Waals surface area contributed by atoms with Crippen LogP contribution >= 0.6 is 23.1 Å². The highest BCUT2D eigenvalue weighted by Gasteiger charge is 2.09. The topological polar surface area (TPSA) is 70.1 Å². The lowest BCUT2D eigenvalue weighted by Gasteiger charge is -2.12. The van der Waals surface area contributed by atoms with Gasteiger partial charge in [0.2, 0.25) is 0 Å². The predicted octanol–water partition coefficient (Wildman–Crippen LogP) is 2.45.